The van der Waals surface area contributed by atoms with E-state index in [-0.39, 0.29) is 12.4 Å². The highest BCUT2D eigenvalue weighted by Gasteiger charge is 2.11. The summed E-state index contributed by atoms with van der Waals surface area (Å²) in [6.07, 6.45) is 0.317. The average Bonchev–Trinajstić information content (AvgIpc) is 2.38. The molecule has 0 bridgehead atoms. The van der Waals surface area contributed by atoms with Gasteiger partial charge in [0, 0.05) is 6.42 Å². The zero-order valence-corrected chi connectivity index (χ0v) is 9.84. The number of rotatable bonds is 6. The monoisotopic (exact) mass is 240 g/mol. The molecule has 0 spiro atoms. The number of nitrogens with two attached hydrogens (primary N) is 1. The van der Waals surface area contributed by atoms with Gasteiger partial charge in [0.25, 0.3) is 0 Å². The molecule has 0 atom stereocenters. The van der Waals surface area contributed by atoms with E-state index >= 15 is 0 Å². The van der Waals surface area contributed by atoms with Crippen LogP contribution in [0.4, 0.5) is 0 Å². The van der Waals surface area contributed by atoms with Gasteiger partial charge in [0.2, 0.25) is 5.75 Å². The van der Waals surface area contributed by atoms with Gasteiger partial charge in [-0.1, -0.05) is 11.2 Å². The topological polar surface area (TPSA) is 86.3 Å². The molecule has 0 aromatic heterocycles. The van der Waals surface area contributed by atoms with Gasteiger partial charge in [0.05, 0.1) is 20.8 Å². The first-order valence-electron chi connectivity index (χ1n) is 5.03. The molecule has 0 unspecified atom stereocenters. The number of hydrogen-bond donors (Lipinski definition) is 2. The molecule has 1 aromatic rings. The first-order valence-corrected chi connectivity index (χ1v) is 5.03. The van der Waals surface area contributed by atoms with Crippen molar-refractivity contribution >= 4 is 5.84 Å². The molecule has 0 amide bonds. The molecule has 0 saturated carbocycles. The van der Waals surface area contributed by atoms with Crippen LogP contribution in [-0.4, -0.2) is 31.9 Å². The highest BCUT2D eigenvalue weighted by molar-refractivity contribution is 5.79. The summed E-state index contributed by atoms with van der Waals surface area (Å²) < 4.78 is 15.8. The Morgan fingerprint density at radius 2 is 1.88 bits per heavy atom. The van der Waals surface area contributed by atoms with Crippen LogP contribution in [0.25, 0.3) is 0 Å². The number of oxime groups is 1. The van der Waals surface area contributed by atoms with E-state index in [4.69, 9.17) is 25.2 Å². The Morgan fingerprint density at radius 1 is 1.29 bits per heavy atom. The Hall–Kier alpha value is -2.11. The summed E-state index contributed by atoms with van der Waals surface area (Å²) in [6, 6.07) is 5.33. The van der Waals surface area contributed by atoms with Crippen LogP contribution in [0, 0.1) is 0 Å². The van der Waals surface area contributed by atoms with Crippen LogP contribution in [0.3, 0.4) is 0 Å². The van der Waals surface area contributed by atoms with Crippen molar-refractivity contribution in [2.45, 2.75) is 6.42 Å². The largest absolute Gasteiger partial charge is 0.493 e. The van der Waals surface area contributed by atoms with Gasteiger partial charge in [-0.15, -0.1) is 0 Å². The van der Waals surface area contributed by atoms with Gasteiger partial charge in [-0.05, 0) is 12.1 Å². The molecule has 0 aliphatic heterocycles. The maximum absolute atomic E-state index is 8.39. The van der Waals surface area contributed by atoms with Crippen LogP contribution in [-0.2, 0) is 0 Å². The van der Waals surface area contributed by atoms with E-state index in [1.165, 1.54) is 0 Å². The minimum atomic E-state index is 0.110. The summed E-state index contributed by atoms with van der Waals surface area (Å²) in [5.41, 5.74) is 5.34. The molecular formula is C11H16N2O4. The Balaban J connectivity index is 2.74. The third-order valence-corrected chi connectivity index (χ3v) is 2.12. The van der Waals surface area contributed by atoms with E-state index in [9.17, 15) is 0 Å². The fourth-order valence-electron chi connectivity index (χ4n) is 1.27. The third kappa shape index (κ3) is 3.44. The SMILES string of the molecule is COc1cccc(OC)c1OCC/C(N)=N/O. The molecule has 94 valence electrons. The minimum Gasteiger partial charge on any atom is -0.493 e. The van der Waals surface area contributed by atoms with Crippen LogP contribution in [0.15, 0.2) is 23.4 Å². The van der Waals surface area contributed by atoms with Crippen molar-refractivity contribution in [3.63, 3.8) is 0 Å². The predicted octanol–water partition coefficient (Wildman–Crippen LogP) is 1.22. The number of hydrogen-bond acceptors (Lipinski definition) is 5. The highest BCUT2D eigenvalue weighted by atomic mass is 16.5. The van der Waals surface area contributed by atoms with Gasteiger partial charge >= 0.3 is 0 Å². The van der Waals surface area contributed by atoms with E-state index in [0.29, 0.717) is 23.7 Å². The molecule has 0 aliphatic carbocycles. The second-order valence-corrected chi connectivity index (χ2v) is 3.18. The molecule has 0 aliphatic rings. The van der Waals surface area contributed by atoms with Crippen molar-refractivity contribution in [1.29, 1.82) is 0 Å². The molecule has 0 heterocycles. The summed E-state index contributed by atoms with van der Waals surface area (Å²) in [6.45, 7) is 0.270. The quantitative estimate of drug-likeness (QED) is 0.338. The zero-order chi connectivity index (χ0) is 12.7. The summed E-state index contributed by atoms with van der Waals surface area (Å²) >= 11 is 0. The van der Waals surface area contributed by atoms with Gasteiger partial charge in [0.1, 0.15) is 5.84 Å². The van der Waals surface area contributed by atoms with Crippen molar-refractivity contribution in [2.24, 2.45) is 10.9 Å². The number of para-hydroxylation sites is 1. The molecule has 6 heteroatoms. The lowest BCUT2D eigenvalue weighted by atomic mass is 10.3. The minimum absolute atomic E-state index is 0.110. The molecule has 0 radical (unpaired) electrons. The van der Waals surface area contributed by atoms with Crippen LogP contribution < -0.4 is 19.9 Å². The summed E-state index contributed by atoms with van der Waals surface area (Å²) in [5.74, 6) is 1.76. The van der Waals surface area contributed by atoms with Crippen LogP contribution in [0.1, 0.15) is 6.42 Å². The molecule has 6 nitrogen and oxygen atoms in total. The van der Waals surface area contributed by atoms with Gasteiger partial charge < -0.3 is 25.2 Å². The Kier molecular flexibility index (Phi) is 4.93. The van der Waals surface area contributed by atoms with Crippen molar-refractivity contribution in [3.8, 4) is 17.2 Å². The fourth-order valence-corrected chi connectivity index (χ4v) is 1.27. The van der Waals surface area contributed by atoms with E-state index in [0.717, 1.165) is 0 Å². The molecule has 17 heavy (non-hydrogen) atoms. The lowest BCUT2D eigenvalue weighted by Crippen LogP contribution is -2.15. The lowest BCUT2D eigenvalue weighted by molar-refractivity contribution is 0.277. The third-order valence-electron chi connectivity index (χ3n) is 2.12. The van der Waals surface area contributed by atoms with Crippen molar-refractivity contribution in [1.82, 2.24) is 0 Å². The molecule has 0 saturated heterocycles. The summed E-state index contributed by atoms with van der Waals surface area (Å²) in [5, 5.41) is 11.2. The molecule has 3 N–H and O–H groups in total. The molecular weight excluding hydrogens is 224 g/mol. The van der Waals surface area contributed by atoms with Gasteiger partial charge in [-0.25, -0.2) is 0 Å². The Labute approximate surface area is 99.6 Å². The van der Waals surface area contributed by atoms with E-state index < -0.39 is 0 Å². The van der Waals surface area contributed by atoms with Gasteiger partial charge in [-0.3, -0.25) is 0 Å². The Morgan fingerprint density at radius 3 is 2.35 bits per heavy atom. The molecule has 1 rings (SSSR count). The van der Waals surface area contributed by atoms with E-state index in [1.807, 2.05) is 0 Å². The van der Waals surface area contributed by atoms with Crippen molar-refractivity contribution in [3.05, 3.63) is 18.2 Å². The highest BCUT2D eigenvalue weighted by Crippen LogP contribution is 2.36. The first kappa shape index (κ1) is 13.0. The number of amidine groups is 1. The normalized spacial score (nSPS) is 11.1. The van der Waals surface area contributed by atoms with Crippen LogP contribution in [0.5, 0.6) is 17.2 Å². The Bertz CT molecular complexity index is 371. The predicted molar refractivity (Wildman–Crippen MR) is 63.1 cm³/mol. The molecule has 1 aromatic carbocycles. The summed E-state index contributed by atoms with van der Waals surface area (Å²) in [4.78, 5) is 0. The number of methoxy groups -OCH3 is 2. The molecule has 0 fully saturated rings. The van der Waals surface area contributed by atoms with Crippen molar-refractivity contribution < 1.29 is 19.4 Å². The smallest absolute Gasteiger partial charge is 0.203 e. The van der Waals surface area contributed by atoms with E-state index in [2.05, 4.69) is 5.16 Å². The maximum atomic E-state index is 8.39. The van der Waals surface area contributed by atoms with E-state index in [1.54, 1.807) is 32.4 Å². The standard InChI is InChI=1S/C11H16N2O4/c1-15-8-4-3-5-9(16-2)11(8)17-7-6-10(12)13-14/h3-5,14H,6-7H2,1-2H3,(H2,12,13). The average molecular weight is 240 g/mol. The number of ether oxygens (including phenoxy) is 3. The van der Waals surface area contributed by atoms with Crippen LogP contribution >= 0.6 is 0 Å². The van der Waals surface area contributed by atoms with Gasteiger partial charge in [0.15, 0.2) is 11.5 Å². The van der Waals surface area contributed by atoms with Gasteiger partial charge in [-0.2, -0.15) is 0 Å². The maximum Gasteiger partial charge on any atom is 0.203 e. The summed E-state index contributed by atoms with van der Waals surface area (Å²) in [7, 11) is 3.09. The fraction of sp³-hybridized carbons (Fsp3) is 0.364. The van der Waals surface area contributed by atoms with Crippen molar-refractivity contribution in [2.75, 3.05) is 20.8 Å². The second-order valence-electron chi connectivity index (χ2n) is 3.18. The van der Waals surface area contributed by atoms with Crippen LogP contribution in [0.2, 0.25) is 0 Å². The number of nitrogens with zero attached hydrogens (tertiary/aromatic N) is 1. The zero-order valence-electron chi connectivity index (χ0n) is 9.84. The first-order chi connectivity index (χ1) is 8.22. The lowest BCUT2D eigenvalue weighted by Gasteiger charge is -2.13. The second kappa shape index (κ2) is 6.47. The number of benzene rings is 1.